The van der Waals surface area contributed by atoms with Gasteiger partial charge in [0, 0.05) is 30.2 Å². The highest BCUT2D eigenvalue weighted by Crippen LogP contribution is 2.23. The number of carbonyl (C=O) groups is 1. The third kappa shape index (κ3) is 4.28. The lowest BCUT2D eigenvalue weighted by atomic mass is 10.2. The summed E-state index contributed by atoms with van der Waals surface area (Å²) in [5.74, 6) is 0.320. The summed E-state index contributed by atoms with van der Waals surface area (Å²) in [7, 11) is 0. The largest absolute Gasteiger partial charge is 0.372 e. The molecule has 1 saturated heterocycles. The Hall–Kier alpha value is -3.41. The van der Waals surface area contributed by atoms with Gasteiger partial charge in [-0.2, -0.15) is 0 Å². The van der Waals surface area contributed by atoms with Crippen LogP contribution in [0.5, 0.6) is 0 Å². The van der Waals surface area contributed by atoms with Gasteiger partial charge < -0.3 is 15.5 Å². The second kappa shape index (κ2) is 8.08. The van der Waals surface area contributed by atoms with Gasteiger partial charge >= 0.3 is 0 Å². The van der Waals surface area contributed by atoms with Crippen molar-refractivity contribution in [3.63, 3.8) is 0 Å². The molecule has 0 bridgehead atoms. The van der Waals surface area contributed by atoms with Gasteiger partial charge in [0.05, 0.1) is 12.4 Å². The minimum absolute atomic E-state index is 0.274. The van der Waals surface area contributed by atoms with Crippen molar-refractivity contribution in [2.75, 3.05) is 28.6 Å². The summed E-state index contributed by atoms with van der Waals surface area (Å²) in [5, 5.41) is 6.06. The molecule has 0 atom stereocenters. The van der Waals surface area contributed by atoms with Gasteiger partial charge in [-0.05, 0) is 61.7 Å². The molecule has 142 valence electrons. The predicted molar refractivity (Wildman–Crippen MR) is 112 cm³/mol. The van der Waals surface area contributed by atoms with E-state index in [9.17, 15) is 4.79 Å². The van der Waals surface area contributed by atoms with Gasteiger partial charge in [0.15, 0.2) is 0 Å². The molecular weight excluding hydrogens is 350 g/mol. The molecule has 4 rings (SSSR count). The first-order valence-electron chi connectivity index (χ1n) is 9.49. The number of hydrogen-bond donors (Lipinski definition) is 2. The molecule has 6 heteroatoms. The highest BCUT2D eigenvalue weighted by molar-refractivity contribution is 6.02. The number of carbonyl (C=O) groups excluding carboxylic acids is 1. The summed E-state index contributed by atoms with van der Waals surface area (Å²) < 4.78 is 0. The number of hydrogen-bond acceptors (Lipinski definition) is 5. The Bertz CT molecular complexity index is 947. The minimum Gasteiger partial charge on any atom is -0.372 e. The highest BCUT2D eigenvalue weighted by Gasteiger charge is 2.12. The van der Waals surface area contributed by atoms with E-state index in [1.165, 1.54) is 24.7 Å². The van der Waals surface area contributed by atoms with Crippen molar-refractivity contribution in [2.24, 2.45) is 0 Å². The van der Waals surface area contributed by atoms with Crippen LogP contribution in [0, 0.1) is 6.92 Å². The fraction of sp³-hybridized carbons (Fsp3) is 0.227. The lowest BCUT2D eigenvalue weighted by Crippen LogP contribution is -2.17. The van der Waals surface area contributed by atoms with Gasteiger partial charge in [0.2, 0.25) is 0 Å². The lowest BCUT2D eigenvalue weighted by molar-refractivity contribution is 0.102. The second-order valence-electron chi connectivity index (χ2n) is 6.98. The maximum atomic E-state index is 12.3. The number of benzene rings is 2. The van der Waals surface area contributed by atoms with Gasteiger partial charge in [0.25, 0.3) is 5.91 Å². The topological polar surface area (TPSA) is 70.2 Å². The van der Waals surface area contributed by atoms with E-state index in [4.69, 9.17) is 0 Å². The Balaban J connectivity index is 1.38. The van der Waals surface area contributed by atoms with Crippen LogP contribution in [0.1, 0.15) is 28.9 Å². The smallest absolute Gasteiger partial charge is 0.275 e. The zero-order valence-corrected chi connectivity index (χ0v) is 15.9. The average molecular weight is 373 g/mol. The summed E-state index contributed by atoms with van der Waals surface area (Å²) in [6.07, 6.45) is 5.57. The molecule has 1 aromatic heterocycles. The Morgan fingerprint density at radius 2 is 1.75 bits per heavy atom. The van der Waals surface area contributed by atoms with Crippen molar-refractivity contribution < 1.29 is 4.79 Å². The molecule has 0 aliphatic carbocycles. The Labute approximate surface area is 164 Å². The summed E-state index contributed by atoms with van der Waals surface area (Å²) in [4.78, 5) is 23.3. The van der Waals surface area contributed by atoms with Gasteiger partial charge in [-0.3, -0.25) is 4.79 Å². The van der Waals surface area contributed by atoms with Crippen molar-refractivity contribution in [3.05, 3.63) is 72.2 Å². The summed E-state index contributed by atoms with van der Waals surface area (Å²) in [6, 6.07) is 15.9. The lowest BCUT2D eigenvalue weighted by Gasteiger charge is -2.17. The second-order valence-corrected chi connectivity index (χ2v) is 6.98. The van der Waals surface area contributed by atoms with Crippen molar-refractivity contribution in [1.82, 2.24) is 9.97 Å². The van der Waals surface area contributed by atoms with Crippen LogP contribution in [0.2, 0.25) is 0 Å². The van der Waals surface area contributed by atoms with E-state index < -0.39 is 0 Å². The van der Waals surface area contributed by atoms with Crippen LogP contribution in [0.4, 0.5) is 22.9 Å². The molecule has 3 aromatic rings. The van der Waals surface area contributed by atoms with Crippen LogP contribution in [-0.4, -0.2) is 29.0 Å². The van der Waals surface area contributed by atoms with Crippen LogP contribution in [0.15, 0.2) is 60.9 Å². The zero-order chi connectivity index (χ0) is 19.3. The first-order chi connectivity index (χ1) is 13.7. The van der Waals surface area contributed by atoms with Gasteiger partial charge in [-0.25, -0.2) is 9.97 Å². The average Bonchev–Trinajstić information content (AvgIpc) is 3.24. The minimum atomic E-state index is -0.278. The fourth-order valence-corrected chi connectivity index (χ4v) is 3.31. The first-order valence-corrected chi connectivity index (χ1v) is 9.49. The Morgan fingerprint density at radius 1 is 0.964 bits per heavy atom. The quantitative estimate of drug-likeness (QED) is 0.694. The number of amides is 1. The Kier molecular flexibility index (Phi) is 5.19. The maximum absolute atomic E-state index is 12.3. The van der Waals surface area contributed by atoms with Crippen molar-refractivity contribution in [1.29, 1.82) is 0 Å². The number of nitrogens with zero attached hydrogens (tertiary/aromatic N) is 3. The molecule has 2 aromatic carbocycles. The predicted octanol–water partition coefficient (Wildman–Crippen LogP) is 4.38. The van der Waals surface area contributed by atoms with E-state index in [0.29, 0.717) is 5.82 Å². The summed E-state index contributed by atoms with van der Waals surface area (Å²) >= 11 is 0. The molecule has 1 aliphatic rings. The normalized spacial score (nSPS) is 13.4. The molecule has 1 fully saturated rings. The molecule has 0 saturated carbocycles. The zero-order valence-electron chi connectivity index (χ0n) is 15.9. The number of nitrogens with one attached hydrogen (secondary N) is 2. The Morgan fingerprint density at radius 3 is 2.43 bits per heavy atom. The van der Waals surface area contributed by atoms with Crippen molar-refractivity contribution >= 4 is 28.8 Å². The van der Waals surface area contributed by atoms with E-state index in [0.717, 1.165) is 30.0 Å². The third-order valence-electron chi connectivity index (χ3n) is 4.77. The molecule has 0 spiro atoms. The molecular formula is C22H23N5O. The fourth-order valence-electron chi connectivity index (χ4n) is 3.31. The van der Waals surface area contributed by atoms with Gasteiger partial charge in [-0.1, -0.05) is 12.1 Å². The monoisotopic (exact) mass is 373 g/mol. The van der Waals surface area contributed by atoms with E-state index in [-0.39, 0.29) is 11.6 Å². The molecule has 0 radical (unpaired) electrons. The van der Waals surface area contributed by atoms with E-state index >= 15 is 0 Å². The molecule has 2 N–H and O–H groups in total. The van der Waals surface area contributed by atoms with Crippen molar-refractivity contribution in [3.8, 4) is 0 Å². The highest BCUT2D eigenvalue weighted by atomic mass is 16.1. The van der Waals surface area contributed by atoms with Crippen LogP contribution in [0.25, 0.3) is 0 Å². The van der Waals surface area contributed by atoms with Gasteiger partial charge in [0.1, 0.15) is 11.5 Å². The van der Waals surface area contributed by atoms with Crippen molar-refractivity contribution in [2.45, 2.75) is 19.8 Å². The van der Waals surface area contributed by atoms with E-state index in [2.05, 4.69) is 37.6 Å². The maximum Gasteiger partial charge on any atom is 0.275 e. The first kappa shape index (κ1) is 18.0. The van der Waals surface area contributed by atoms with Crippen LogP contribution >= 0.6 is 0 Å². The molecule has 2 heterocycles. The van der Waals surface area contributed by atoms with Gasteiger partial charge in [-0.15, -0.1) is 0 Å². The molecule has 1 aliphatic heterocycles. The SMILES string of the molecule is Cc1cccc(NC(=O)c2cnc(Nc3ccc(N4CCCC4)cc3)cn2)c1. The number of aryl methyl sites for hydroxylation is 1. The summed E-state index contributed by atoms with van der Waals surface area (Å²) in [5.41, 5.74) is 4.29. The van der Waals surface area contributed by atoms with Crippen LogP contribution in [0.3, 0.4) is 0 Å². The number of rotatable bonds is 5. The van der Waals surface area contributed by atoms with E-state index in [1.807, 2.05) is 43.3 Å². The molecule has 0 unspecified atom stereocenters. The third-order valence-corrected chi connectivity index (χ3v) is 4.77. The van der Waals surface area contributed by atoms with Crippen LogP contribution in [-0.2, 0) is 0 Å². The standard InChI is InChI=1S/C22H23N5O/c1-16-5-4-6-18(13-16)26-22(28)20-14-24-21(15-23-20)25-17-7-9-19(10-8-17)27-11-2-3-12-27/h4-10,13-15H,2-3,11-12H2,1H3,(H,24,25)(H,26,28). The number of aromatic nitrogens is 2. The molecule has 1 amide bonds. The molecule has 6 nitrogen and oxygen atoms in total. The van der Waals surface area contributed by atoms with Crippen LogP contribution < -0.4 is 15.5 Å². The molecule has 28 heavy (non-hydrogen) atoms. The van der Waals surface area contributed by atoms with E-state index in [1.54, 1.807) is 6.20 Å². The number of anilines is 4. The summed E-state index contributed by atoms with van der Waals surface area (Å²) in [6.45, 7) is 4.24.